The lowest BCUT2D eigenvalue weighted by atomic mass is 10.2. The van der Waals surface area contributed by atoms with Crippen molar-refractivity contribution in [2.24, 2.45) is 0 Å². The van der Waals surface area contributed by atoms with E-state index in [-0.39, 0.29) is 16.5 Å². The molecule has 0 bridgehead atoms. The molecule has 1 aromatic heterocycles. The molecule has 3 nitrogen and oxygen atoms in total. The molecule has 6 heteroatoms. The fourth-order valence-corrected chi connectivity index (χ4v) is 3.59. The maximum Gasteiger partial charge on any atom is 0.226 e. The van der Waals surface area contributed by atoms with Gasteiger partial charge in [0.2, 0.25) is 5.89 Å². The second-order valence-corrected chi connectivity index (χ2v) is 6.84. The summed E-state index contributed by atoms with van der Waals surface area (Å²) in [5, 5.41) is 0.281. The quantitative estimate of drug-likeness (QED) is 0.677. The Balaban J connectivity index is 1.68. The number of hydrogen-bond acceptors (Lipinski definition) is 3. The molecule has 0 saturated carbocycles. The summed E-state index contributed by atoms with van der Waals surface area (Å²) in [6, 6.07) is 13.6. The molecule has 0 aliphatic heterocycles. The zero-order valence-electron chi connectivity index (χ0n) is 12.0. The topological polar surface area (TPSA) is 43.1 Å². The van der Waals surface area contributed by atoms with Crippen LogP contribution in [0, 0.1) is 5.82 Å². The van der Waals surface area contributed by atoms with Gasteiger partial charge in [0.1, 0.15) is 12.1 Å². The van der Waals surface area contributed by atoms with E-state index in [1.54, 1.807) is 6.07 Å². The van der Waals surface area contributed by atoms with Crippen LogP contribution in [-0.2, 0) is 22.3 Å². The first-order chi connectivity index (χ1) is 11.1. The fraction of sp³-hybridized carbons (Fsp3) is 0.118. The van der Waals surface area contributed by atoms with Crippen LogP contribution in [0.3, 0.4) is 0 Å². The van der Waals surface area contributed by atoms with Gasteiger partial charge >= 0.3 is 0 Å². The molecule has 0 saturated heterocycles. The maximum atomic E-state index is 13.0. The van der Waals surface area contributed by atoms with Crippen LogP contribution in [0.1, 0.15) is 11.3 Å². The van der Waals surface area contributed by atoms with Gasteiger partial charge in [-0.05, 0) is 29.8 Å². The number of benzene rings is 2. The molecular weight excluding hydrogens is 337 g/mol. The predicted octanol–water partition coefficient (Wildman–Crippen LogP) is 4.58. The minimum Gasteiger partial charge on any atom is -0.444 e. The van der Waals surface area contributed by atoms with E-state index in [0.717, 1.165) is 5.56 Å². The third kappa shape index (κ3) is 4.06. The first-order valence-electron chi connectivity index (χ1n) is 6.90. The van der Waals surface area contributed by atoms with E-state index in [0.29, 0.717) is 17.1 Å². The minimum absolute atomic E-state index is 0.243. The highest BCUT2D eigenvalue weighted by atomic mass is 35.5. The van der Waals surface area contributed by atoms with Gasteiger partial charge in [-0.1, -0.05) is 35.9 Å². The van der Waals surface area contributed by atoms with Gasteiger partial charge in [0.15, 0.2) is 0 Å². The molecular formula is C17H13ClFNO2S. The highest BCUT2D eigenvalue weighted by molar-refractivity contribution is 7.83. The third-order valence-corrected chi connectivity index (χ3v) is 4.82. The first-order valence-corrected chi connectivity index (χ1v) is 8.77. The summed E-state index contributed by atoms with van der Waals surface area (Å²) in [5.74, 6) is 0.586. The maximum absolute atomic E-state index is 13.0. The lowest BCUT2D eigenvalue weighted by Crippen LogP contribution is -2.00. The Hall–Kier alpha value is -1.98. The predicted molar refractivity (Wildman–Crippen MR) is 88.9 cm³/mol. The van der Waals surface area contributed by atoms with Crippen molar-refractivity contribution in [3.05, 3.63) is 76.9 Å². The Labute approximate surface area is 140 Å². The summed E-state index contributed by atoms with van der Waals surface area (Å²) in [5.41, 5.74) is 2.13. The van der Waals surface area contributed by atoms with Gasteiger partial charge in [0.25, 0.3) is 0 Å². The lowest BCUT2D eigenvalue weighted by Gasteiger charge is -2.03. The van der Waals surface area contributed by atoms with E-state index < -0.39 is 16.6 Å². The number of oxazole rings is 1. The summed E-state index contributed by atoms with van der Waals surface area (Å²) >= 11 is 5.95. The smallest absolute Gasteiger partial charge is 0.226 e. The molecule has 0 aliphatic carbocycles. The Morgan fingerprint density at radius 3 is 2.65 bits per heavy atom. The van der Waals surface area contributed by atoms with Crippen molar-refractivity contribution >= 4 is 22.4 Å². The van der Waals surface area contributed by atoms with Crippen LogP contribution in [-0.4, -0.2) is 9.19 Å². The zero-order chi connectivity index (χ0) is 16.2. The summed E-state index contributed by atoms with van der Waals surface area (Å²) in [6.45, 7) is 0. The van der Waals surface area contributed by atoms with Crippen molar-refractivity contribution < 1.29 is 13.0 Å². The van der Waals surface area contributed by atoms with Crippen LogP contribution in [0.15, 0.2) is 59.2 Å². The van der Waals surface area contributed by atoms with Crippen molar-refractivity contribution in [2.75, 3.05) is 0 Å². The number of rotatable bonds is 5. The largest absolute Gasteiger partial charge is 0.444 e. The van der Waals surface area contributed by atoms with Crippen LogP contribution in [0.5, 0.6) is 0 Å². The van der Waals surface area contributed by atoms with Gasteiger partial charge in [-0.15, -0.1) is 0 Å². The van der Waals surface area contributed by atoms with Crippen LogP contribution < -0.4 is 0 Å². The second-order valence-electron chi connectivity index (χ2n) is 4.97. The molecule has 3 aromatic rings. The van der Waals surface area contributed by atoms with E-state index in [9.17, 15) is 8.60 Å². The van der Waals surface area contributed by atoms with Crippen molar-refractivity contribution in [1.82, 2.24) is 4.98 Å². The minimum atomic E-state index is -1.21. The molecule has 118 valence electrons. The van der Waals surface area contributed by atoms with Gasteiger partial charge < -0.3 is 4.42 Å². The summed E-state index contributed by atoms with van der Waals surface area (Å²) in [7, 11) is -1.21. The number of aromatic nitrogens is 1. The second kappa shape index (κ2) is 7.06. The molecule has 0 radical (unpaired) electrons. The number of halogens is 2. The van der Waals surface area contributed by atoms with Crippen molar-refractivity contribution in [2.45, 2.75) is 11.5 Å². The van der Waals surface area contributed by atoms with Crippen molar-refractivity contribution in [1.29, 1.82) is 0 Å². The lowest BCUT2D eigenvalue weighted by molar-refractivity contribution is 0.573. The molecule has 0 unspecified atom stereocenters. The van der Waals surface area contributed by atoms with Gasteiger partial charge in [-0.2, -0.15) is 0 Å². The van der Waals surface area contributed by atoms with Crippen molar-refractivity contribution in [3.63, 3.8) is 0 Å². The van der Waals surface area contributed by atoms with Crippen LogP contribution in [0.2, 0.25) is 5.02 Å². The van der Waals surface area contributed by atoms with Crippen LogP contribution in [0.25, 0.3) is 11.5 Å². The van der Waals surface area contributed by atoms with Crippen molar-refractivity contribution in [3.8, 4) is 11.5 Å². The molecule has 0 aliphatic rings. The van der Waals surface area contributed by atoms with Gasteiger partial charge in [0.05, 0.1) is 17.2 Å². The van der Waals surface area contributed by atoms with E-state index in [1.165, 1.54) is 18.4 Å². The van der Waals surface area contributed by atoms with E-state index in [2.05, 4.69) is 4.98 Å². The zero-order valence-corrected chi connectivity index (χ0v) is 13.6. The summed E-state index contributed by atoms with van der Waals surface area (Å²) in [4.78, 5) is 4.35. The molecule has 0 N–H and O–H groups in total. The molecule has 3 rings (SSSR count). The molecule has 1 heterocycles. The molecule has 0 fully saturated rings. The Morgan fingerprint density at radius 2 is 1.91 bits per heavy atom. The van der Waals surface area contributed by atoms with E-state index in [1.807, 2.05) is 30.3 Å². The summed E-state index contributed by atoms with van der Waals surface area (Å²) < 4.78 is 30.7. The highest BCUT2D eigenvalue weighted by Crippen LogP contribution is 2.21. The average Bonchev–Trinajstić information content (AvgIpc) is 2.99. The number of hydrogen-bond donors (Lipinski definition) is 0. The molecule has 2 aromatic carbocycles. The Kier molecular flexibility index (Phi) is 4.88. The standard InChI is InChI=1S/C17H13ClFNO2S/c18-16-8-14(19)7-6-13(16)10-23(21)11-15-9-22-17(20-15)12-4-2-1-3-5-12/h1-9H,10-11H2/t23-/m0/s1. The molecule has 1 atom stereocenters. The molecule has 0 amide bonds. The average molecular weight is 350 g/mol. The highest BCUT2D eigenvalue weighted by Gasteiger charge is 2.11. The fourth-order valence-electron chi connectivity index (χ4n) is 2.11. The normalized spacial score (nSPS) is 12.3. The van der Waals surface area contributed by atoms with E-state index in [4.69, 9.17) is 16.0 Å². The monoisotopic (exact) mass is 349 g/mol. The molecule has 23 heavy (non-hydrogen) atoms. The van der Waals surface area contributed by atoms with Gasteiger partial charge in [-0.3, -0.25) is 4.21 Å². The summed E-state index contributed by atoms with van der Waals surface area (Å²) in [6.07, 6.45) is 1.51. The van der Waals surface area contributed by atoms with E-state index >= 15 is 0 Å². The van der Waals surface area contributed by atoms with Crippen LogP contribution in [0.4, 0.5) is 4.39 Å². The first kappa shape index (κ1) is 15.9. The SMILES string of the molecule is O=[S@](Cc1coc(-c2ccccc2)n1)Cc1ccc(F)cc1Cl. The van der Waals surface area contributed by atoms with Gasteiger partial charge in [-0.25, -0.2) is 9.37 Å². The Morgan fingerprint density at radius 1 is 1.13 bits per heavy atom. The Bertz CT molecular complexity index is 836. The molecule has 0 spiro atoms. The number of nitrogens with zero attached hydrogens (tertiary/aromatic N) is 1. The van der Waals surface area contributed by atoms with Crippen LogP contribution >= 0.6 is 11.6 Å². The third-order valence-electron chi connectivity index (χ3n) is 3.21. The van der Waals surface area contributed by atoms with Gasteiger partial charge in [0, 0.05) is 21.4 Å².